The van der Waals surface area contributed by atoms with Gasteiger partial charge in [-0.15, -0.1) is 0 Å². The van der Waals surface area contributed by atoms with Gasteiger partial charge in [0.15, 0.2) is 0 Å². The minimum atomic E-state index is -3.77. The van der Waals surface area contributed by atoms with E-state index in [0.717, 1.165) is 23.2 Å². The van der Waals surface area contributed by atoms with Crippen LogP contribution in [0, 0.1) is 11.7 Å². The van der Waals surface area contributed by atoms with Crippen LogP contribution in [0.15, 0.2) is 59.8 Å². The molecule has 1 saturated heterocycles. The van der Waals surface area contributed by atoms with Gasteiger partial charge in [0.25, 0.3) is 0 Å². The number of hydrogen-bond acceptors (Lipinski definition) is 4. The molecular weight excluding hydrogens is 383 g/mol. The quantitative estimate of drug-likeness (QED) is 0.726. The Morgan fingerprint density at radius 2 is 1.89 bits per heavy atom. The predicted molar refractivity (Wildman–Crippen MR) is 102 cm³/mol. The van der Waals surface area contributed by atoms with E-state index in [1.807, 2.05) is 24.3 Å². The molecule has 1 unspecified atom stereocenters. The van der Waals surface area contributed by atoms with Crippen LogP contribution in [-0.4, -0.2) is 41.4 Å². The van der Waals surface area contributed by atoms with Gasteiger partial charge in [-0.05, 0) is 49.2 Å². The number of piperidine rings is 1. The number of hydrogen-bond donors (Lipinski definition) is 1. The monoisotopic (exact) mass is 402 g/mol. The smallest absolute Gasteiger partial charge is 0.243 e. The highest BCUT2D eigenvalue weighted by molar-refractivity contribution is 7.89. The molecule has 2 aromatic carbocycles. The van der Waals surface area contributed by atoms with Crippen molar-refractivity contribution in [3.63, 3.8) is 0 Å². The van der Waals surface area contributed by atoms with Crippen molar-refractivity contribution in [2.45, 2.75) is 17.7 Å². The Hall–Kier alpha value is -2.78. The Bertz CT molecular complexity index is 1110. The lowest BCUT2D eigenvalue weighted by Crippen LogP contribution is -2.44. The number of benzene rings is 2. The molecule has 1 amide bonds. The van der Waals surface area contributed by atoms with Crippen LogP contribution in [-0.2, 0) is 14.8 Å². The summed E-state index contributed by atoms with van der Waals surface area (Å²) >= 11 is 0. The van der Waals surface area contributed by atoms with Crippen LogP contribution >= 0.6 is 0 Å². The van der Waals surface area contributed by atoms with Crippen molar-refractivity contribution in [3.8, 4) is 0 Å². The summed E-state index contributed by atoms with van der Waals surface area (Å²) in [6.07, 6.45) is 2.69. The molecule has 1 aliphatic rings. The van der Waals surface area contributed by atoms with Gasteiger partial charge in [0, 0.05) is 13.1 Å². The number of carbonyl (C=O) groups is 1. The number of imidazole rings is 1. The Morgan fingerprint density at radius 3 is 2.68 bits per heavy atom. The van der Waals surface area contributed by atoms with E-state index in [-0.39, 0.29) is 17.3 Å². The maximum absolute atomic E-state index is 13.1. The maximum atomic E-state index is 13.1. The van der Waals surface area contributed by atoms with Crippen LogP contribution in [0.2, 0.25) is 0 Å². The normalized spacial score (nSPS) is 18.2. The van der Waals surface area contributed by atoms with Crippen LogP contribution in [0.4, 0.5) is 4.39 Å². The first kappa shape index (κ1) is 18.6. The van der Waals surface area contributed by atoms with Gasteiger partial charge < -0.3 is 0 Å². The van der Waals surface area contributed by atoms with E-state index in [0.29, 0.717) is 19.4 Å². The zero-order valence-electron chi connectivity index (χ0n) is 15.0. The number of rotatable bonds is 4. The largest absolute Gasteiger partial charge is 0.273 e. The second kappa shape index (κ2) is 7.33. The molecule has 2 heterocycles. The third-order valence-electron chi connectivity index (χ3n) is 4.89. The molecule has 0 aliphatic carbocycles. The molecule has 1 atom stereocenters. The zero-order valence-corrected chi connectivity index (χ0v) is 15.8. The van der Waals surface area contributed by atoms with Gasteiger partial charge in [-0.1, -0.05) is 12.1 Å². The number of carbonyl (C=O) groups excluding carboxylic acids is 1. The summed E-state index contributed by atoms with van der Waals surface area (Å²) in [4.78, 5) is 17.0. The molecule has 0 spiro atoms. The molecule has 0 radical (unpaired) electrons. The zero-order chi connectivity index (χ0) is 19.7. The molecule has 146 valence electrons. The van der Waals surface area contributed by atoms with Gasteiger partial charge in [0.2, 0.25) is 15.9 Å². The SMILES string of the molecule is O=C(Nn1cnc2ccccc21)C1CCCN(S(=O)(=O)c2ccc(F)cc2)C1. The maximum Gasteiger partial charge on any atom is 0.243 e. The van der Waals surface area contributed by atoms with Gasteiger partial charge in [-0.2, -0.15) is 4.31 Å². The molecule has 7 nitrogen and oxygen atoms in total. The second-order valence-electron chi connectivity index (χ2n) is 6.74. The summed E-state index contributed by atoms with van der Waals surface area (Å²) in [6, 6.07) is 12.1. The Labute approximate surface area is 161 Å². The molecule has 1 aromatic heterocycles. The first-order valence-electron chi connectivity index (χ1n) is 8.94. The Morgan fingerprint density at radius 1 is 1.14 bits per heavy atom. The van der Waals surface area contributed by atoms with Gasteiger partial charge >= 0.3 is 0 Å². The molecule has 1 N–H and O–H groups in total. The number of fused-ring (bicyclic) bond motifs is 1. The summed E-state index contributed by atoms with van der Waals surface area (Å²) < 4.78 is 41.6. The first-order chi connectivity index (χ1) is 13.4. The first-order valence-corrected chi connectivity index (χ1v) is 10.4. The number of para-hydroxylation sites is 2. The number of amides is 1. The van der Waals surface area contributed by atoms with Crippen LogP contribution in [0.5, 0.6) is 0 Å². The van der Waals surface area contributed by atoms with Crippen molar-refractivity contribution >= 4 is 27.0 Å². The summed E-state index contributed by atoms with van der Waals surface area (Å²) in [6.45, 7) is 0.412. The lowest BCUT2D eigenvalue weighted by Gasteiger charge is -2.31. The van der Waals surface area contributed by atoms with Gasteiger partial charge in [-0.3, -0.25) is 10.2 Å². The lowest BCUT2D eigenvalue weighted by molar-refractivity contribution is -0.121. The Balaban J connectivity index is 1.50. The summed E-state index contributed by atoms with van der Waals surface area (Å²) in [5.41, 5.74) is 4.32. The third kappa shape index (κ3) is 3.50. The van der Waals surface area contributed by atoms with Gasteiger partial charge in [0.05, 0.1) is 21.8 Å². The number of aromatic nitrogens is 2. The Kier molecular flexibility index (Phi) is 4.86. The van der Waals surface area contributed by atoms with E-state index in [2.05, 4.69) is 10.4 Å². The summed E-state index contributed by atoms with van der Waals surface area (Å²) in [5, 5.41) is 0. The van der Waals surface area contributed by atoms with Crippen molar-refractivity contribution in [2.24, 2.45) is 5.92 Å². The molecule has 4 rings (SSSR count). The molecular formula is C19H19FN4O3S. The fourth-order valence-electron chi connectivity index (χ4n) is 3.39. The van der Waals surface area contributed by atoms with Crippen LogP contribution in [0.3, 0.4) is 0 Å². The van der Waals surface area contributed by atoms with Gasteiger partial charge in [0.1, 0.15) is 12.1 Å². The molecule has 0 bridgehead atoms. The average Bonchev–Trinajstić information content (AvgIpc) is 3.11. The van der Waals surface area contributed by atoms with E-state index in [4.69, 9.17) is 0 Å². The topological polar surface area (TPSA) is 84.3 Å². The molecule has 1 aliphatic heterocycles. The van der Waals surface area contributed by atoms with Crippen LogP contribution < -0.4 is 5.43 Å². The number of nitrogens with one attached hydrogen (secondary N) is 1. The molecule has 9 heteroatoms. The summed E-state index contributed by atoms with van der Waals surface area (Å²) in [5.74, 6) is -1.24. The molecule has 1 fully saturated rings. The highest BCUT2D eigenvalue weighted by Crippen LogP contribution is 2.24. The van der Waals surface area contributed by atoms with Crippen molar-refractivity contribution in [2.75, 3.05) is 18.5 Å². The van der Waals surface area contributed by atoms with Crippen LogP contribution in [0.1, 0.15) is 12.8 Å². The molecule has 3 aromatic rings. The summed E-state index contributed by atoms with van der Waals surface area (Å²) in [7, 11) is -3.77. The minimum absolute atomic E-state index is 0.0237. The number of halogens is 1. The fraction of sp³-hybridized carbons (Fsp3) is 0.263. The van der Waals surface area contributed by atoms with Gasteiger partial charge in [-0.25, -0.2) is 22.5 Å². The van der Waals surface area contributed by atoms with E-state index in [1.54, 1.807) is 4.68 Å². The van der Waals surface area contributed by atoms with Crippen LogP contribution in [0.25, 0.3) is 11.0 Å². The van der Waals surface area contributed by atoms with E-state index >= 15 is 0 Å². The molecule has 0 saturated carbocycles. The minimum Gasteiger partial charge on any atom is -0.273 e. The highest BCUT2D eigenvalue weighted by Gasteiger charge is 2.33. The third-order valence-corrected chi connectivity index (χ3v) is 6.77. The van der Waals surface area contributed by atoms with Crippen molar-refractivity contribution in [1.29, 1.82) is 0 Å². The number of sulfonamides is 1. The standard InChI is InChI=1S/C19H19FN4O3S/c20-15-7-9-16(10-8-15)28(26,27)23-11-3-4-14(12-23)19(25)22-24-13-21-17-5-1-2-6-18(17)24/h1-2,5-10,13-14H,3-4,11-12H2,(H,22,25). The van der Waals surface area contributed by atoms with Crippen molar-refractivity contribution in [3.05, 3.63) is 60.7 Å². The average molecular weight is 402 g/mol. The predicted octanol–water partition coefficient (Wildman–Crippen LogP) is 2.35. The lowest BCUT2D eigenvalue weighted by atomic mass is 9.99. The highest BCUT2D eigenvalue weighted by atomic mass is 32.2. The second-order valence-corrected chi connectivity index (χ2v) is 8.67. The van der Waals surface area contributed by atoms with E-state index in [1.165, 1.54) is 22.8 Å². The van der Waals surface area contributed by atoms with Crippen molar-refractivity contribution < 1.29 is 17.6 Å². The fourth-order valence-corrected chi connectivity index (χ4v) is 4.91. The van der Waals surface area contributed by atoms with E-state index < -0.39 is 21.8 Å². The molecule has 28 heavy (non-hydrogen) atoms. The number of nitrogens with zero attached hydrogens (tertiary/aromatic N) is 3. The van der Waals surface area contributed by atoms with Crippen molar-refractivity contribution in [1.82, 2.24) is 14.0 Å². The van der Waals surface area contributed by atoms with E-state index in [9.17, 15) is 17.6 Å².